The molecule has 0 unspecified atom stereocenters. The maximum atomic E-state index is 13.8. The number of amides is 1. The molecule has 0 aliphatic carbocycles. The number of anilines is 1. The van der Waals surface area contributed by atoms with Crippen LogP contribution in [0.5, 0.6) is 5.75 Å². The molecular weight excluding hydrogens is 506 g/mol. The summed E-state index contributed by atoms with van der Waals surface area (Å²) in [6.07, 6.45) is 1.53. The molecule has 1 amide bonds. The van der Waals surface area contributed by atoms with Gasteiger partial charge in [-0.05, 0) is 83.5 Å². The summed E-state index contributed by atoms with van der Waals surface area (Å²) in [5.74, 6) is -0.184. The number of ether oxygens (including phenoxy) is 1. The lowest BCUT2D eigenvalue weighted by atomic mass is 10.1. The molecule has 0 spiro atoms. The van der Waals surface area contributed by atoms with Crippen molar-refractivity contribution in [2.24, 2.45) is 0 Å². The Morgan fingerprint density at radius 1 is 1.16 bits per heavy atom. The number of carbonyl (C=O) groups is 1. The Kier molecular flexibility index (Phi) is 7.42. The summed E-state index contributed by atoms with van der Waals surface area (Å²) in [4.78, 5) is 12.6. The fourth-order valence-corrected chi connectivity index (χ4v) is 3.57. The predicted molar refractivity (Wildman–Crippen MR) is 128 cm³/mol. The average Bonchev–Trinajstić information content (AvgIpc) is 2.75. The Balaban J connectivity index is 1.74. The van der Waals surface area contributed by atoms with Crippen molar-refractivity contribution in [3.63, 3.8) is 0 Å². The second kappa shape index (κ2) is 10.2. The third-order valence-electron chi connectivity index (χ3n) is 4.61. The molecule has 0 atom stereocenters. The van der Waals surface area contributed by atoms with Gasteiger partial charge in [0.15, 0.2) is 0 Å². The Morgan fingerprint density at radius 2 is 1.94 bits per heavy atom. The monoisotopic (exact) mass is 526 g/mol. The van der Waals surface area contributed by atoms with E-state index in [9.17, 15) is 14.4 Å². The Bertz CT molecular complexity index is 1200. The van der Waals surface area contributed by atoms with Crippen LogP contribution < -0.4 is 10.1 Å². The molecule has 0 fully saturated rings. The first kappa shape index (κ1) is 22.5. The van der Waals surface area contributed by atoms with Crippen molar-refractivity contribution in [3.05, 3.63) is 97.9 Å². The summed E-state index contributed by atoms with van der Waals surface area (Å²) in [6, 6.07) is 19.5. The first-order valence-corrected chi connectivity index (χ1v) is 10.6. The predicted octanol–water partition coefficient (Wildman–Crippen LogP) is 6.17. The number of hydrogen-bond acceptors (Lipinski definition) is 3. The van der Waals surface area contributed by atoms with Crippen molar-refractivity contribution in [3.8, 4) is 11.8 Å². The van der Waals surface area contributed by atoms with Crippen molar-refractivity contribution in [1.29, 1.82) is 5.26 Å². The van der Waals surface area contributed by atoms with Crippen LogP contribution in [-0.4, -0.2) is 5.91 Å². The van der Waals surface area contributed by atoms with Crippen LogP contribution in [-0.2, 0) is 11.4 Å². The van der Waals surface area contributed by atoms with Gasteiger partial charge in [-0.15, -0.1) is 0 Å². The Labute approximate surface area is 194 Å². The molecule has 156 valence electrons. The molecule has 6 heteroatoms. The van der Waals surface area contributed by atoms with E-state index in [1.165, 1.54) is 12.1 Å². The summed E-state index contributed by atoms with van der Waals surface area (Å²) in [7, 11) is 0. The molecule has 0 aromatic heterocycles. The van der Waals surface area contributed by atoms with Crippen molar-refractivity contribution in [2.75, 3.05) is 5.32 Å². The van der Waals surface area contributed by atoms with Crippen molar-refractivity contribution < 1.29 is 13.9 Å². The zero-order valence-corrected chi connectivity index (χ0v) is 19.2. The molecule has 3 rings (SSSR count). The van der Waals surface area contributed by atoms with Crippen LogP contribution in [0.4, 0.5) is 10.1 Å². The highest BCUT2D eigenvalue weighted by atomic mass is 127. The van der Waals surface area contributed by atoms with Crippen LogP contribution in [0.25, 0.3) is 6.08 Å². The van der Waals surface area contributed by atoms with E-state index in [0.29, 0.717) is 22.6 Å². The molecule has 0 aliphatic heterocycles. The van der Waals surface area contributed by atoms with E-state index < -0.39 is 5.91 Å². The maximum Gasteiger partial charge on any atom is 0.266 e. The molecule has 1 N–H and O–H groups in total. The number of nitrogens with zero attached hydrogens (tertiary/aromatic N) is 1. The van der Waals surface area contributed by atoms with E-state index in [1.807, 2.05) is 38.1 Å². The quantitative estimate of drug-likeness (QED) is 0.237. The maximum absolute atomic E-state index is 13.8. The van der Waals surface area contributed by atoms with Gasteiger partial charge >= 0.3 is 0 Å². The van der Waals surface area contributed by atoms with Gasteiger partial charge in [0.25, 0.3) is 5.91 Å². The summed E-state index contributed by atoms with van der Waals surface area (Å²) in [5.41, 5.74) is 3.77. The number of rotatable bonds is 6. The molecule has 0 bridgehead atoms. The van der Waals surface area contributed by atoms with E-state index in [1.54, 1.807) is 36.4 Å². The molecule has 0 aliphatic rings. The van der Waals surface area contributed by atoms with E-state index in [4.69, 9.17) is 4.74 Å². The van der Waals surface area contributed by atoms with E-state index in [0.717, 1.165) is 14.7 Å². The number of benzene rings is 3. The standard InChI is InChI=1S/C25H20FIN2O2/c1-16-7-8-17(2)23(11-16)29-25(30)20(14-28)12-18-9-10-24(22(27)13-18)31-15-19-5-3-4-6-21(19)26/h3-13H,15H2,1-2H3,(H,29,30)/b20-12+. The van der Waals surface area contributed by atoms with Crippen LogP contribution in [0, 0.1) is 34.6 Å². The lowest BCUT2D eigenvalue weighted by molar-refractivity contribution is -0.112. The summed E-state index contributed by atoms with van der Waals surface area (Å²) in [5, 5.41) is 12.3. The highest BCUT2D eigenvalue weighted by Gasteiger charge is 2.12. The fourth-order valence-electron chi connectivity index (χ4n) is 2.87. The molecule has 3 aromatic rings. The third-order valence-corrected chi connectivity index (χ3v) is 5.46. The number of aryl methyl sites for hydroxylation is 2. The van der Waals surface area contributed by atoms with E-state index >= 15 is 0 Å². The van der Waals surface area contributed by atoms with Crippen molar-refractivity contribution >= 4 is 40.3 Å². The smallest absolute Gasteiger partial charge is 0.266 e. The van der Waals surface area contributed by atoms with Crippen molar-refractivity contribution in [2.45, 2.75) is 20.5 Å². The SMILES string of the molecule is Cc1ccc(C)c(NC(=O)/C(C#N)=C/c2ccc(OCc3ccccc3F)c(I)c2)c1. The van der Waals surface area contributed by atoms with Gasteiger partial charge in [0, 0.05) is 11.3 Å². The Morgan fingerprint density at radius 3 is 2.65 bits per heavy atom. The minimum Gasteiger partial charge on any atom is -0.488 e. The Hall–Kier alpha value is -3.18. The summed E-state index contributed by atoms with van der Waals surface area (Å²) in [6.45, 7) is 3.95. The number of hydrogen-bond donors (Lipinski definition) is 1. The van der Waals surface area contributed by atoms with Gasteiger partial charge in [0.1, 0.15) is 29.8 Å². The van der Waals surface area contributed by atoms with Crippen LogP contribution >= 0.6 is 22.6 Å². The molecule has 4 nitrogen and oxygen atoms in total. The first-order chi connectivity index (χ1) is 14.9. The number of nitrogens with one attached hydrogen (secondary N) is 1. The summed E-state index contributed by atoms with van der Waals surface area (Å²) >= 11 is 2.11. The fraction of sp³-hybridized carbons (Fsp3) is 0.120. The molecule has 3 aromatic carbocycles. The lowest BCUT2D eigenvalue weighted by Crippen LogP contribution is -2.14. The van der Waals surface area contributed by atoms with E-state index in [2.05, 4.69) is 27.9 Å². The van der Waals surface area contributed by atoms with Crippen LogP contribution in [0.1, 0.15) is 22.3 Å². The molecule has 0 radical (unpaired) electrons. The molecular formula is C25H20FIN2O2. The van der Waals surface area contributed by atoms with Crippen LogP contribution in [0.3, 0.4) is 0 Å². The zero-order valence-electron chi connectivity index (χ0n) is 17.1. The van der Waals surface area contributed by atoms with Gasteiger partial charge in [-0.2, -0.15) is 5.26 Å². The van der Waals surface area contributed by atoms with Gasteiger partial charge in [-0.1, -0.05) is 36.4 Å². The minimum absolute atomic E-state index is 0.00303. The second-order valence-electron chi connectivity index (χ2n) is 7.01. The lowest BCUT2D eigenvalue weighted by Gasteiger charge is -2.10. The topological polar surface area (TPSA) is 62.1 Å². The highest BCUT2D eigenvalue weighted by Crippen LogP contribution is 2.25. The molecule has 0 heterocycles. The number of halogens is 2. The van der Waals surface area contributed by atoms with Gasteiger partial charge in [0.05, 0.1) is 3.57 Å². The normalized spacial score (nSPS) is 11.0. The minimum atomic E-state index is -0.467. The molecule has 0 saturated carbocycles. The van der Waals surface area contributed by atoms with Crippen LogP contribution in [0.15, 0.2) is 66.2 Å². The van der Waals surface area contributed by atoms with Crippen molar-refractivity contribution in [1.82, 2.24) is 0 Å². The molecule has 0 saturated heterocycles. The summed E-state index contributed by atoms with van der Waals surface area (Å²) < 4.78 is 20.3. The largest absolute Gasteiger partial charge is 0.488 e. The van der Waals surface area contributed by atoms with Crippen LogP contribution in [0.2, 0.25) is 0 Å². The highest BCUT2D eigenvalue weighted by molar-refractivity contribution is 14.1. The average molecular weight is 526 g/mol. The number of carbonyl (C=O) groups excluding carboxylic acids is 1. The molecule has 31 heavy (non-hydrogen) atoms. The van der Waals surface area contributed by atoms with Gasteiger partial charge in [-0.25, -0.2) is 4.39 Å². The second-order valence-corrected chi connectivity index (χ2v) is 8.17. The van der Waals surface area contributed by atoms with Gasteiger partial charge < -0.3 is 10.1 Å². The van der Waals surface area contributed by atoms with E-state index in [-0.39, 0.29) is 18.0 Å². The van der Waals surface area contributed by atoms with Gasteiger partial charge in [-0.3, -0.25) is 4.79 Å². The third kappa shape index (κ3) is 5.92. The van der Waals surface area contributed by atoms with Gasteiger partial charge in [0.2, 0.25) is 0 Å². The first-order valence-electron chi connectivity index (χ1n) is 9.53. The zero-order chi connectivity index (χ0) is 22.4. The number of nitriles is 1.